The van der Waals surface area contributed by atoms with Gasteiger partial charge in [-0.25, -0.2) is 0 Å². The van der Waals surface area contributed by atoms with Crippen LogP contribution in [0.4, 0.5) is 0 Å². The standard InChI is InChI=1S/C28H38O5/c1-16(29)33-23-14-21-25(2,3)22(30)10-12-27(21,5)20-9-11-26(4)18(17-13-24(31)32-15-17)7-8-19(26)28(20,23)6/h8,10,12,17-18,20-21,23H,7,9,11,13-15H2,1-6H3/t17-,18-,20+,21-,23+,26-,27+,28-/m0/s1. The fourth-order valence-corrected chi connectivity index (χ4v) is 9.16. The molecular weight excluding hydrogens is 416 g/mol. The molecule has 0 radical (unpaired) electrons. The van der Waals surface area contributed by atoms with Gasteiger partial charge in [0.15, 0.2) is 5.78 Å². The minimum Gasteiger partial charge on any atom is -0.465 e. The van der Waals surface area contributed by atoms with Crippen LogP contribution in [0.3, 0.4) is 0 Å². The predicted octanol–water partition coefficient (Wildman–Crippen LogP) is 5.04. The van der Waals surface area contributed by atoms with Gasteiger partial charge in [-0.2, -0.15) is 0 Å². The van der Waals surface area contributed by atoms with Crippen LogP contribution in [0.5, 0.6) is 0 Å². The highest BCUT2D eigenvalue weighted by atomic mass is 16.5. The van der Waals surface area contributed by atoms with Gasteiger partial charge in [-0.3, -0.25) is 14.4 Å². The Morgan fingerprint density at radius 1 is 1.12 bits per heavy atom. The van der Waals surface area contributed by atoms with Gasteiger partial charge >= 0.3 is 11.9 Å². The summed E-state index contributed by atoms with van der Waals surface area (Å²) in [6.45, 7) is 13.1. The number of ether oxygens (including phenoxy) is 2. The number of ketones is 1. The summed E-state index contributed by atoms with van der Waals surface area (Å²) in [6, 6.07) is 0. The molecule has 2 saturated carbocycles. The first kappa shape index (κ1) is 22.9. The average molecular weight is 455 g/mol. The summed E-state index contributed by atoms with van der Waals surface area (Å²) in [7, 11) is 0. The van der Waals surface area contributed by atoms with E-state index in [1.807, 2.05) is 6.08 Å². The van der Waals surface area contributed by atoms with E-state index in [4.69, 9.17) is 9.47 Å². The number of rotatable bonds is 2. The van der Waals surface area contributed by atoms with Crippen LogP contribution < -0.4 is 0 Å². The Morgan fingerprint density at radius 2 is 1.85 bits per heavy atom. The second-order valence-electron chi connectivity index (χ2n) is 12.6. The van der Waals surface area contributed by atoms with Gasteiger partial charge in [-0.05, 0) is 60.3 Å². The molecule has 0 spiro atoms. The minimum absolute atomic E-state index is 0.0325. The van der Waals surface area contributed by atoms with Crippen LogP contribution in [0.1, 0.15) is 73.6 Å². The molecule has 0 N–H and O–H groups in total. The van der Waals surface area contributed by atoms with Crippen molar-refractivity contribution in [3.05, 3.63) is 23.8 Å². The predicted molar refractivity (Wildman–Crippen MR) is 124 cm³/mol. The zero-order valence-electron chi connectivity index (χ0n) is 20.9. The lowest BCUT2D eigenvalue weighted by atomic mass is 9.38. The number of fused-ring (bicyclic) bond motifs is 5. The summed E-state index contributed by atoms with van der Waals surface area (Å²) >= 11 is 0. The van der Waals surface area contributed by atoms with E-state index in [1.165, 1.54) is 12.5 Å². The lowest BCUT2D eigenvalue weighted by Gasteiger charge is -2.66. The van der Waals surface area contributed by atoms with Crippen molar-refractivity contribution in [2.24, 2.45) is 45.3 Å². The second kappa shape index (κ2) is 7.05. The summed E-state index contributed by atoms with van der Waals surface area (Å²) in [6.07, 6.45) is 10.3. The summed E-state index contributed by atoms with van der Waals surface area (Å²) in [5.41, 5.74) is 0.441. The Balaban J connectivity index is 1.60. The van der Waals surface area contributed by atoms with E-state index in [1.54, 1.807) is 0 Å². The molecule has 5 nitrogen and oxygen atoms in total. The first-order chi connectivity index (χ1) is 15.3. The number of hydrogen-bond donors (Lipinski definition) is 0. The maximum absolute atomic E-state index is 12.9. The van der Waals surface area contributed by atoms with Crippen molar-refractivity contribution >= 4 is 17.7 Å². The van der Waals surface area contributed by atoms with Crippen molar-refractivity contribution in [3.63, 3.8) is 0 Å². The van der Waals surface area contributed by atoms with Gasteiger partial charge in [0, 0.05) is 23.7 Å². The van der Waals surface area contributed by atoms with Crippen molar-refractivity contribution in [2.45, 2.75) is 79.8 Å². The van der Waals surface area contributed by atoms with Crippen LogP contribution in [0.25, 0.3) is 0 Å². The Hall–Kier alpha value is -1.91. The first-order valence-electron chi connectivity index (χ1n) is 12.6. The monoisotopic (exact) mass is 454 g/mol. The van der Waals surface area contributed by atoms with Gasteiger partial charge in [0.05, 0.1) is 13.0 Å². The highest BCUT2D eigenvalue weighted by molar-refractivity contribution is 5.95. The van der Waals surface area contributed by atoms with Crippen LogP contribution in [0.15, 0.2) is 23.8 Å². The average Bonchev–Trinajstić information content (AvgIpc) is 3.30. The molecule has 0 bridgehead atoms. The molecule has 0 unspecified atom stereocenters. The van der Waals surface area contributed by atoms with Gasteiger partial charge in [-0.15, -0.1) is 0 Å². The molecule has 4 aliphatic carbocycles. The van der Waals surface area contributed by atoms with Crippen molar-refractivity contribution in [3.8, 4) is 0 Å². The van der Waals surface area contributed by atoms with Crippen molar-refractivity contribution in [2.75, 3.05) is 6.61 Å². The number of carbonyl (C=O) groups excluding carboxylic acids is 3. The molecule has 33 heavy (non-hydrogen) atoms. The quantitative estimate of drug-likeness (QED) is 0.432. The first-order valence-corrected chi connectivity index (χ1v) is 12.6. The lowest BCUT2D eigenvalue weighted by Crippen LogP contribution is -2.64. The van der Waals surface area contributed by atoms with Crippen LogP contribution in [0.2, 0.25) is 0 Å². The van der Waals surface area contributed by atoms with E-state index in [9.17, 15) is 14.4 Å². The largest absolute Gasteiger partial charge is 0.465 e. The molecule has 5 rings (SSSR count). The van der Waals surface area contributed by atoms with E-state index in [-0.39, 0.29) is 57.8 Å². The van der Waals surface area contributed by atoms with E-state index in [2.05, 4.69) is 46.8 Å². The molecule has 0 amide bonds. The van der Waals surface area contributed by atoms with E-state index >= 15 is 0 Å². The Bertz CT molecular complexity index is 975. The molecule has 5 aliphatic rings. The maximum atomic E-state index is 12.9. The molecule has 8 atom stereocenters. The van der Waals surface area contributed by atoms with Gasteiger partial charge < -0.3 is 9.47 Å². The molecule has 1 heterocycles. The van der Waals surface area contributed by atoms with Crippen molar-refractivity contribution in [1.82, 2.24) is 0 Å². The zero-order chi connectivity index (χ0) is 24.0. The third-order valence-electron chi connectivity index (χ3n) is 10.8. The van der Waals surface area contributed by atoms with Crippen molar-refractivity contribution < 1.29 is 23.9 Å². The summed E-state index contributed by atoms with van der Waals surface area (Å²) in [5, 5.41) is 0. The van der Waals surface area contributed by atoms with E-state index in [0.29, 0.717) is 25.4 Å². The lowest BCUT2D eigenvalue weighted by molar-refractivity contribution is -0.188. The minimum atomic E-state index is -0.488. The fraction of sp³-hybridized carbons (Fsp3) is 0.750. The van der Waals surface area contributed by atoms with Crippen LogP contribution >= 0.6 is 0 Å². The Morgan fingerprint density at radius 3 is 2.48 bits per heavy atom. The number of esters is 2. The molecule has 0 aromatic heterocycles. The van der Waals surface area contributed by atoms with Gasteiger partial charge in [0.2, 0.25) is 0 Å². The zero-order valence-corrected chi connectivity index (χ0v) is 20.9. The third-order valence-corrected chi connectivity index (χ3v) is 10.8. The van der Waals surface area contributed by atoms with Gasteiger partial charge in [0.1, 0.15) is 6.10 Å². The summed E-state index contributed by atoms with van der Waals surface area (Å²) in [5.74, 6) is 0.853. The topological polar surface area (TPSA) is 69.7 Å². The van der Waals surface area contributed by atoms with Gasteiger partial charge in [-0.1, -0.05) is 52.3 Å². The summed E-state index contributed by atoms with van der Waals surface area (Å²) < 4.78 is 11.5. The molecule has 0 aromatic rings. The molecule has 3 fully saturated rings. The fourth-order valence-electron chi connectivity index (χ4n) is 9.16. The molecule has 5 heteroatoms. The Labute approximate surface area is 197 Å². The third kappa shape index (κ3) is 2.93. The smallest absolute Gasteiger partial charge is 0.306 e. The number of carbonyl (C=O) groups is 3. The molecule has 1 aliphatic heterocycles. The summed E-state index contributed by atoms with van der Waals surface area (Å²) in [4.78, 5) is 37.1. The van der Waals surface area contributed by atoms with Crippen molar-refractivity contribution in [1.29, 1.82) is 0 Å². The van der Waals surface area contributed by atoms with Crippen LogP contribution in [-0.4, -0.2) is 30.4 Å². The highest BCUT2D eigenvalue weighted by Crippen LogP contribution is 2.72. The molecule has 180 valence electrons. The number of allylic oxidation sites excluding steroid dienone is 3. The van der Waals surface area contributed by atoms with Crippen LogP contribution in [-0.2, 0) is 23.9 Å². The number of hydrogen-bond acceptors (Lipinski definition) is 5. The molecule has 0 aromatic carbocycles. The van der Waals surface area contributed by atoms with Crippen LogP contribution in [0, 0.1) is 45.3 Å². The molecular formula is C28H38O5. The normalized spacial score (nSPS) is 47.8. The highest BCUT2D eigenvalue weighted by Gasteiger charge is 2.68. The van der Waals surface area contributed by atoms with E-state index < -0.39 is 5.41 Å². The molecule has 1 saturated heterocycles. The SMILES string of the molecule is CC(=O)O[C@@H]1C[C@H]2C(C)(C)C(=O)C=C[C@]2(C)[C@H]2CC[C@]3(C)C(=CC[C@H]3[C@@H]3COC(=O)C3)[C@@]21C. The van der Waals surface area contributed by atoms with Gasteiger partial charge in [0.25, 0.3) is 0 Å². The second-order valence-corrected chi connectivity index (χ2v) is 12.6. The maximum Gasteiger partial charge on any atom is 0.306 e. The van der Waals surface area contributed by atoms with E-state index in [0.717, 1.165) is 19.3 Å². The number of cyclic esters (lactones) is 1. The Kier molecular flexibility index (Phi) is 4.89.